The SMILES string of the molecule is C#C[C@@](OC)(c1ccc(Cl)cc1)C1(C#N)CC1. The Balaban J connectivity index is 2.54. The van der Waals surface area contributed by atoms with Gasteiger partial charge in [0, 0.05) is 12.1 Å². The van der Waals surface area contributed by atoms with Crippen molar-refractivity contribution in [2.45, 2.75) is 18.4 Å². The van der Waals surface area contributed by atoms with Crippen molar-refractivity contribution in [2.75, 3.05) is 7.11 Å². The van der Waals surface area contributed by atoms with Gasteiger partial charge in [-0.05, 0) is 30.5 Å². The average Bonchev–Trinajstić information content (AvgIpc) is 3.15. The molecule has 0 unspecified atom stereocenters. The molecule has 0 radical (unpaired) electrons. The lowest BCUT2D eigenvalue weighted by molar-refractivity contribution is -0.00564. The minimum absolute atomic E-state index is 0.593. The number of nitriles is 1. The van der Waals surface area contributed by atoms with E-state index in [1.165, 1.54) is 0 Å². The number of halogens is 1. The lowest BCUT2D eigenvalue weighted by Crippen LogP contribution is -2.36. The van der Waals surface area contributed by atoms with Gasteiger partial charge in [-0.2, -0.15) is 5.26 Å². The van der Waals surface area contributed by atoms with Crippen LogP contribution in [0.3, 0.4) is 0 Å². The largest absolute Gasteiger partial charge is 0.360 e. The first-order chi connectivity index (χ1) is 8.14. The van der Waals surface area contributed by atoms with Gasteiger partial charge in [-0.1, -0.05) is 29.7 Å². The first-order valence-electron chi connectivity index (χ1n) is 5.34. The lowest BCUT2D eigenvalue weighted by Gasteiger charge is -2.32. The molecule has 0 amide bonds. The summed E-state index contributed by atoms with van der Waals surface area (Å²) in [6.07, 6.45) is 7.17. The van der Waals surface area contributed by atoms with E-state index in [1.54, 1.807) is 19.2 Å². The second kappa shape index (κ2) is 4.08. The maximum Gasteiger partial charge on any atom is 0.171 e. The standard InChI is InChI=1S/C14H12ClNO/c1-3-14(17-2,13(10-16)8-9-13)11-4-6-12(15)7-5-11/h1,4-7H,8-9H2,2H3/t14-/m1/s1. The molecular weight excluding hydrogens is 234 g/mol. The summed E-state index contributed by atoms with van der Waals surface area (Å²) in [4.78, 5) is 0. The fourth-order valence-corrected chi connectivity index (χ4v) is 2.35. The van der Waals surface area contributed by atoms with Gasteiger partial charge < -0.3 is 4.74 Å². The molecule has 1 aromatic rings. The Hall–Kier alpha value is -1.48. The van der Waals surface area contributed by atoms with E-state index < -0.39 is 11.0 Å². The van der Waals surface area contributed by atoms with Crippen molar-refractivity contribution in [3.05, 3.63) is 34.9 Å². The molecule has 86 valence electrons. The summed E-state index contributed by atoms with van der Waals surface area (Å²) in [5.74, 6) is 2.67. The third-order valence-electron chi connectivity index (χ3n) is 3.40. The molecule has 0 bridgehead atoms. The van der Waals surface area contributed by atoms with Crippen LogP contribution in [-0.2, 0) is 10.3 Å². The van der Waals surface area contributed by atoms with E-state index in [4.69, 9.17) is 22.8 Å². The van der Waals surface area contributed by atoms with Crippen molar-refractivity contribution in [3.63, 3.8) is 0 Å². The Morgan fingerprint density at radius 2 is 2.00 bits per heavy atom. The maximum absolute atomic E-state index is 9.32. The maximum atomic E-state index is 9.32. The Kier molecular flexibility index (Phi) is 2.87. The molecule has 0 aliphatic heterocycles. The monoisotopic (exact) mass is 245 g/mol. The van der Waals surface area contributed by atoms with Crippen molar-refractivity contribution in [2.24, 2.45) is 5.41 Å². The molecule has 3 heteroatoms. The van der Waals surface area contributed by atoms with Crippen LogP contribution < -0.4 is 0 Å². The fourth-order valence-electron chi connectivity index (χ4n) is 2.22. The van der Waals surface area contributed by atoms with E-state index in [9.17, 15) is 5.26 Å². The topological polar surface area (TPSA) is 33.0 Å². The number of ether oxygens (including phenoxy) is 1. The predicted octanol–water partition coefficient (Wildman–Crippen LogP) is 3.12. The number of benzene rings is 1. The summed E-state index contributed by atoms with van der Waals surface area (Å²) >= 11 is 5.85. The highest BCUT2D eigenvalue weighted by atomic mass is 35.5. The van der Waals surface area contributed by atoms with Crippen molar-refractivity contribution in [1.29, 1.82) is 5.26 Å². The summed E-state index contributed by atoms with van der Waals surface area (Å²) in [6, 6.07) is 9.47. The fraction of sp³-hybridized carbons (Fsp3) is 0.357. The number of hydrogen-bond donors (Lipinski definition) is 0. The molecule has 0 aromatic heterocycles. The van der Waals surface area contributed by atoms with Gasteiger partial charge in [0.25, 0.3) is 0 Å². The Labute approximate surface area is 106 Å². The molecule has 1 saturated carbocycles. The van der Waals surface area contributed by atoms with E-state index in [1.807, 2.05) is 12.1 Å². The van der Waals surface area contributed by atoms with Crippen LogP contribution >= 0.6 is 11.6 Å². The molecular formula is C14H12ClNO. The number of hydrogen-bond acceptors (Lipinski definition) is 2. The molecule has 1 atom stereocenters. The van der Waals surface area contributed by atoms with Gasteiger partial charge in [0.15, 0.2) is 5.60 Å². The van der Waals surface area contributed by atoms with Crippen LogP contribution in [0.4, 0.5) is 0 Å². The van der Waals surface area contributed by atoms with E-state index >= 15 is 0 Å². The molecule has 0 saturated heterocycles. The van der Waals surface area contributed by atoms with Crippen LogP contribution in [-0.4, -0.2) is 7.11 Å². The molecule has 2 nitrogen and oxygen atoms in total. The zero-order chi connectivity index (χ0) is 12.5. The molecule has 17 heavy (non-hydrogen) atoms. The van der Waals surface area contributed by atoms with Crippen molar-refractivity contribution >= 4 is 11.6 Å². The summed E-state index contributed by atoms with van der Waals surface area (Å²) in [5, 5.41) is 9.96. The van der Waals surface area contributed by atoms with Gasteiger partial charge in [-0.15, -0.1) is 6.42 Å². The van der Waals surface area contributed by atoms with Crippen molar-refractivity contribution in [1.82, 2.24) is 0 Å². The number of rotatable bonds is 3. The second-order valence-corrected chi connectivity index (χ2v) is 4.67. The predicted molar refractivity (Wildman–Crippen MR) is 66.3 cm³/mol. The minimum Gasteiger partial charge on any atom is -0.360 e. The highest BCUT2D eigenvalue weighted by molar-refractivity contribution is 6.30. The van der Waals surface area contributed by atoms with Crippen molar-refractivity contribution < 1.29 is 4.74 Å². The third-order valence-corrected chi connectivity index (χ3v) is 3.65. The Morgan fingerprint density at radius 3 is 2.35 bits per heavy atom. The summed E-state index contributed by atoms with van der Waals surface area (Å²) in [6.45, 7) is 0. The average molecular weight is 246 g/mol. The molecule has 0 spiro atoms. The first kappa shape index (κ1) is 12.0. The van der Waals surface area contributed by atoms with Crippen LogP contribution in [0.2, 0.25) is 5.02 Å². The zero-order valence-corrected chi connectivity index (χ0v) is 10.3. The number of nitrogens with zero attached hydrogens (tertiary/aromatic N) is 1. The van der Waals surface area contributed by atoms with Crippen LogP contribution in [0.5, 0.6) is 0 Å². The van der Waals surface area contributed by atoms with Crippen LogP contribution in [0, 0.1) is 29.1 Å². The Bertz CT molecular complexity index is 505. The van der Waals surface area contributed by atoms with Gasteiger partial charge in [0.1, 0.15) is 5.41 Å². The van der Waals surface area contributed by atoms with Crippen molar-refractivity contribution in [3.8, 4) is 18.4 Å². The minimum atomic E-state index is -0.966. The lowest BCUT2D eigenvalue weighted by atomic mass is 9.79. The molecule has 0 heterocycles. The molecule has 1 aliphatic carbocycles. The highest BCUT2D eigenvalue weighted by Crippen LogP contribution is 2.59. The smallest absolute Gasteiger partial charge is 0.171 e. The van der Waals surface area contributed by atoms with Gasteiger partial charge in [-0.3, -0.25) is 0 Å². The zero-order valence-electron chi connectivity index (χ0n) is 9.53. The molecule has 1 fully saturated rings. The summed E-state index contributed by atoms with van der Waals surface area (Å²) < 4.78 is 5.53. The van der Waals surface area contributed by atoms with E-state index in [0.717, 1.165) is 18.4 Å². The number of terminal acetylenes is 1. The van der Waals surface area contributed by atoms with Crippen LogP contribution in [0.1, 0.15) is 18.4 Å². The van der Waals surface area contributed by atoms with Crippen LogP contribution in [0.25, 0.3) is 0 Å². The molecule has 0 N–H and O–H groups in total. The van der Waals surface area contributed by atoms with Gasteiger partial charge >= 0.3 is 0 Å². The summed E-state index contributed by atoms with van der Waals surface area (Å²) in [5.41, 5.74) is -0.748. The molecule has 1 aliphatic rings. The summed E-state index contributed by atoms with van der Waals surface area (Å²) in [7, 11) is 1.55. The molecule has 2 rings (SSSR count). The van der Waals surface area contributed by atoms with E-state index in [-0.39, 0.29) is 0 Å². The third kappa shape index (κ3) is 1.62. The quantitative estimate of drug-likeness (QED) is 0.767. The Morgan fingerprint density at radius 1 is 1.41 bits per heavy atom. The van der Waals surface area contributed by atoms with Gasteiger partial charge in [0.2, 0.25) is 0 Å². The second-order valence-electron chi connectivity index (χ2n) is 4.23. The normalized spacial score (nSPS) is 19.8. The van der Waals surface area contributed by atoms with Crippen LogP contribution in [0.15, 0.2) is 24.3 Å². The number of methoxy groups -OCH3 is 1. The van der Waals surface area contributed by atoms with E-state index in [0.29, 0.717) is 5.02 Å². The van der Waals surface area contributed by atoms with Gasteiger partial charge in [0.05, 0.1) is 6.07 Å². The van der Waals surface area contributed by atoms with Gasteiger partial charge in [-0.25, -0.2) is 0 Å². The highest BCUT2D eigenvalue weighted by Gasteiger charge is 2.61. The molecule has 1 aromatic carbocycles. The first-order valence-corrected chi connectivity index (χ1v) is 5.72. The van der Waals surface area contributed by atoms with E-state index in [2.05, 4.69) is 12.0 Å².